The topological polar surface area (TPSA) is 68.8 Å². The first-order valence-electron chi connectivity index (χ1n) is 10.7. The van der Waals surface area contributed by atoms with Crippen molar-refractivity contribution in [1.29, 1.82) is 0 Å². The van der Waals surface area contributed by atoms with Gasteiger partial charge in [-0.15, -0.1) is 11.3 Å². The molecule has 2 aliphatic heterocycles. The van der Waals surface area contributed by atoms with Gasteiger partial charge in [0.15, 0.2) is 0 Å². The molecule has 11 heteroatoms. The van der Waals surface area contributed by atoms with E-state index in [0.29, 0.717) is 31.7 Å². The monoisotopic (exact) mass is 510 g/mol. The summed E-state index contributed by atoms with van der Waals surface area (Å²) in [4.78, 5) is 9.85. The number of H-pyrrole nitrogens is 1. The SMILES string of the molecule is CN(c1cccc2cc(C3=NCC(CN4CCCC(F)(F)C4)S3)[nH]c12)S(=O)(=O)c1cccs1. The molecule has 0 amide bonds. The summed E-state index contributed by atoms with van der Waals surface area (Å²) < 4.78 is 55.1. The van der Waals surface area contributed by atoms with Gasteiger partial charge in [0.25, 0.3) is 15.9 Å². The van der Waals surface area contributed by atoms with Crippen molar-refractivity contribution in [2.45, 2.75) is 28.2 Å². The Kier molecular flexibility index (Phi) is 6.00. The number of fused-ring (bicyclic) bond motifs is 1. The standard InChI is InChI=1S/C22H24F2N4O2S3/c1-27(33(29,30)19-7-3-10-31-19)18-6-2-5-15-11-17(26-20(15)18)21-25-12-16(32-21)13-28-9-4-8-22(23,24)14-28/h2-3,5-7,10-11,16,26H,4,8-9,12-14H2,1H3. The van der Waals surface area contributed by atoms with Gasteiger partial charge in [-0.3, -0.25) is 14.2 Å². The van der Waals surface area contributed by atoms with E-state index in [1.165, 1.54) is 15.6 Å². The summed E-state index contributed by atoms with van der Waals surface area (Å²) in [6.45, 7) is 1.68. The fraction of sp³-hybridized carbons (Fsp3) is 0.409. The zero-order valence-corrected chi connectivity index (χ0v) is 20.4. The number of sulfonamides is 1. The number of hydrogen-bond donors (Lipinski definition) is 1. The van der Waals surface area contributed by atoms with Gasteiger partial charge in [-0.2, -0.15) is 0 Å². The number of nitrogens with one attached hydrogen (secondary N) is 1. The average molecular weight is 511 g/mol. The Balaban J connectivity index is 1.35. The van der Waals surface area contributed by atoms with Crippen LogP contribution in [0.5, 0.6) is 0 Å². The minimum atomic E-state index is -3.66. The molecule has 5 rings (SSSR count). The van der Waals surface area contributed by atoms with Crippen LogP contribution in [-0.2, 0) is 10.0 Å². The van der Waals surface area contributed by atoms with Crippen LogP contribution in [0.3, 0.4) is 0 Å². The van der Waals surface area contributed by atoms with Crippen molar-refractivity contribution < 1.29 is 17.2 Å². The van der Waals surface area contributed by atoms with Gasteiger partial charge in [0, 0.05) is 30.6 Å². The second-order valence-corrected chi connectivity index (χ2v) is 12.8. The van der Waals surface area contributed by atoms with Gasteiger partial charge in [-0.05, 0) is 36.5 Å². The van der Waals surface area contributed by atoms with E-state index in [-0.39, 0.29) is 22.4 Å². The van der Waals surface area contributed by atoms with Crippen LogP contribution in [0.4, 0.5) is 14.5 Å². The largest absolute Gasteiger partial charge is 0.351 e. The molecule has 2 aromatic heterocycles. The summed E-state index contributed by atoms with van der Waals surface area (Å²) in [5, 5.41) is 3.58. The van der Waals surface area contributed by atoms with Gasteiger partial charge < -0.3 is 4.98 Å². The fourth-order valence-electron chi connectivity index (χ4n) is 4.34. The van der Waals surface area contributed by atoms with Gasteiger partial charge in [0.1, 0.15) is 9.25 Å². The first kappa shape index (κ1) is 22.8. The highest BCUT2D eigenvalue weighted by atomic mass is 32.2. The van der Waals surface area contributed by atoms with Crippen LogP contribution in [0, 0.1) is 0 Å². The Hall–Kier alpha value is -1.95. The summed E-state index contributed by atoms with van der Waals surface area (Å²) in [7, 11) is -2.10. The number of aromatic amines is 1. The van der Waals surface area contributed by atoms with E-state index in [9.17, 15) is 17.2 Å². The third kappa shape index (κ3) is 4.55. The van der Waals surface area contributed by atoms with E-state index in [1.54, 1.807) is 42.4 Å². The molecule has 3 aromatic rings. The number of para-hydroxylation sites is 1. The predicted octanol–water partition coefficient (Wildman–Crippen LogP) is 4.65. The van der Waals surface area contributed by atoms with Crippen LogP contribution in [0.2, 0.25) is 0 Å². The smallest absolute Gasteiger partial charge is 0.273 e. The molecule has 0 bridgehead atoms. The predicted molar refractivity (Wildman–Crippen MR) is 132 cm³/mol. The van der Waals surface area contributed by atoms with E-state index in [1.807, 2.05) is 23.1 Å². The minimum Gasteiger partial charge on any atom is -0.351 e. The Bertz CT molecular complexity index is 1290. The lowest BCUT2D eigenvalue weighted by atomic mass is 10.1. The molecular formula is C22H24F2N4O2S3. The Morgan fingerprint density at radius 1 is 1.30 bits per heavy atom. The summed E-state index contributed by atoms with van der Waals surface area (Å²) in [5.74, 6) is -2.60. The van der Waals surface area contributed by atoms with E-state index >= 15 is 0 Å². The van der Waals surface area contributed by atoms with Crippen molar-refractivity contribution in [3.05, 3.63) is 47.5 Å². The fourth-order valence-corrected chi connectivity index (χ4v) is 7.85. The lowest BCUT2D eigenvalue weighted by Crippen LogP contribution is -2.45. The molecule has 1 saturated heterocycles. The Morgan fingerprint density at radius 2 is 2.15 bits per heavy atom. The van der Waals surface area contributed by atoms with Crippen LogP contribution < -0.4 is 4.31 Å². The lowest BCUT2D eigenvalue weighted by Gasteiger charge is -2.33. The van der Waals surface area contributed by atoms with Gasteiger partial charge in [0.05, 0.1) is 30.0 Å². The van der Waals surface area contributed by atoms with E-state index < -0.39 is 15.9 Å². The van der Waals surface area contributed by atoms with E-state index in [0.717, 1.165) is 21.6 Å². The number of thiophene rings is 1. The number of nitrogens with zero attached hydrogens (tertiary/aromatic N) is 3. The summed E-state index contributed by atoms with van der Waals surface area (Å²) in [6, 6.07) is 10.8. The highest BCUT2D eigenvalue weighted by Crippen LogP contribution is 2.34. The number of anilines is 1. The van der Waals surface area contributed by atoms with Crippen LogP contribution >= 0.6 is 23.1 Å². The normalized spacial score (nSPS) is 21.4. The van der Waals surface area contributed by atoms with Crippen molar-refractivity contribution in [2.75, 3.05) is 37.5 Å². The number of thioether (sulfide) groups is 1. The number of likely N-dealkylation sites (tertiary alicyclic amines) is 1. The summed E-state index contributed by atoms with van der Waals surface area (Å²) in [6.07, 6.45) is 0.488. The zero-order chi connectivity index (χ0) is 23.2. The van der Waals surface area contributed by atoms with Crippen LogP contribution in [0.25, 0.3) is 10.9 Å². The van der Waals surface area contributed by atoms with E-state index in [2.05, 4.69) is 9.98 Å². The maximum Gasteiger partial charge on any atom is 0.273 e. The van der Waals surface area contributed by atoms with Crippen LogP contribution in [0.1, 0.15) is 18.5 Å². The summed E-state index contributed by atoms with van der Waals surface area (Å²) >= 11 is 2.78. The molecule has 0 spiro atoms. The second-order valence-electron chi connectivity index (χ2n) is 8.41. The molecule has 1 fully saturated rings. The molecule has 33 heavy (non-hydrogen) atoms. The number of alkyl halides is 2. The first-order chi connectivity index (χ1) is 15.7. The third-order valence-corrected chi connectivity index (χ3v) is 10.3. The number of hydrogen-bond acceptors (Lipinski definition) is 6. The van der Waals surface area contributed by atoms with Gasteiger partial charge >= 0.3 is 0 Å². The molecule has 1 N–H and O–H groups in total. The Morgan fingerprint density at radius 3 is 2.91 bits per heavy atom. The molecule has 176 valence electrons. The van der Waals surface area contributed by atoms with E-state index in [4.69, 9.17) is 0 Å². The molecule has 0 saturated carbocycles. The molecule has 1 unspecified atom stereocenters. The lowest BCUT2D eigenvalue weighted by molar-refractivity contribution is -0.0634. The maximum atomic E-state index is 13.7. The van der Waals surface area contributed by atoms with Crippen molar-refractivity contribution >= 4 is 54.8 Å². The minimum absolute atomic E-state index is 0.0306. The molecule has 4 heterocycles. The summed E-state index contributed by atoms with van der Waals surface area (Å²) in [5.41, 5.74) is 2.09. The van der Waals surface area contributed by atoms with Gasteiger partial charge in [-0.25, -0.2) is 17.2 Å². The van der Waals surface area contributed by atoms with Crippen molar-refractivity contribution in [1.82, 2.24) is 9.88 Å². The van der Waals surface area contributed by atoms with Crippen molar-refractivity contribution in [3.8, 4) is 0 Å². The quantitative estimate of drug-likeness (QED) is 0.524. The number of aliphatic imine (C=N–C) groups is 1. The third-order valence-electron chi connectivity index (χ3n) is 5.96. The molecule has 1 aromatic carbocycles. The molecule has 6 nitrogen and oxygen atoms in total. The molecule has 2 aliphatic rings. The van der Waals surface area contributed by atoms with Gasteiger partial charge in [0.2, 0.25) is 0 Å². The zero-order valence-electron chi connectivity index (χ0n) is 18.0. The first-order valence-corrected chi connectivity index (χ1v) is 13.9. The average Bonchev–Trinajstić information content (AvgIpc) is 3.52. The molecule has 0 radical (unpaired) electrons. The number of rotatable bonds is 6. The van der Waals surface area contributed by atoms with Crippen LogP contribution in [0.15, 0.2) is 51.0 Å². The highest BCUT2D eigenvalue weighted by molar-refractivity contribution is 8.15. The van der Waals surface area contributed by atoms with Gasteiger partial charge in [-0.1, -0.05) is 30.0 Å². The van der Waals surface area contributed by atoms with Crippen LogP contribution in [-0.4, -0.2) is 67.7 Å². The second kappa shape index (κ2) is 8.68. The van der Waals surface area contributed by atoms with Crippen molar-refractivity contribution in [2.24, 2.45) is 4.99 Å². The molecule has 1 atom stereocenters. The van der Waals surface area contributed by atoms with Crippen molar-refractivity contribution in [3.63, 3.8) is 0 Å². The molecule has 0 aliphatic carbocycles. The number of aromatic nitrogens is 1. The maximum absolute atomic E-state index is 13.7. The molecular weight excluding hydrogens is 486 g/mol. The number of piperidine rings is 1. The highest BCUT2D eigenvalue weighted by Gasteiger charge is 2.36. The number of benzene rings is 1. The number of halogens is 2. The Labute approximate surface area is 199 Å².